The predicted octanol–water partition coefficient (Wildman–Crippen LogP) is 1.62. The summed E-state index contributed by atoms with van der Waals surface area (Å²) in [6.45, 7) is 11.8. The minimum Gasteiger partial charge on any atom is -0.360 e. The van der Waals surface area contributed by atoms with Crippen molar-refractivity contribution in [2.24, 2.45) is 0 Å². The molecule has 0 amide bonds. The summed E-state index contributed by atoms with van der Waals surface area (Å²) in [5.74, 6) is 0. The number of aromatic nitrogens is 2. The smallest absolute Gasteiger partial charge is 0.248 e. The van der Waals surface area contributed by atoms with Gasteiger partial charge in [-0.3, -0.25) is 0 Å². The Morgan fingerprint density at radius 1 is 0.783 bits per heavy atom. The van der Waals surface area contributed by atoms with E-state index in [0.29, 0.717) is 0 Å². The second-order valence-electron chi connectivity index (χ2n) is 4.99. The van der Waals surface area contributed by atoms with Crippen molar-refractivity contribution >= 4 is 0 Å². The Balaban J connectivity index is 0.000000960. The fraction of sp³-hybridized carbons (Fsp3) is 0.0526. The Morgan fingerprint density at radius 2 is 1.22 bits per heavy atom. The molecule has 0 saturated carbocycles. The number of hydrogen-bond acceptors (Lipinski definition) is 0. The minimum absolute atomic E-state index is 0. The van der Waals surface area contributed by atoms with E-state index in [1.165, 1.54) is 0 Å². The van der Waals surface area contributed by atoms with Crippen molar-refractivity contribution in [2.45, 2.75) is 5.66 Å². The van der Waals surface area contributed by atoms with Crippen LogP contribution in [0.2, 0.25) is 0 Å². The Labute approximate surface area is 187 Å². The van der Waals surface area contributed by atoms with Gasteiger partial charge in [-0.1, -0.05) is 12.1 Å². The summed E-state index contributed by atoms with van der Waals surface area (Å²) >= 11 is 0. The molecule has 0 aromatic carbocycles. The van der Waals surface area contributed by atoms with Crippen molar-refractivity contribution in [2.75, 3.05) is 0 Å². The van der Waals surface area contributed by atoms with Gasteiger partial charge in [0, 0.05) is 65.4 Å². The number of allylic oxidation sites excluding steroid dienone is 4. The Bertz CT molecular complexity index is 778. The number of rotatable bonds is 2. The normalized spacial score (nSPS) is 19.7. The molecule has 0 saturated heterocycles. The average Bonchev–Trinajstić information content (AvgIpc) is 3.05. The average molecular weight is 446 g/mol. The van der Waals surface area contributed by atoms with Gasteiger partial charge in [0.1, 0.15) is 0 Å². The molecule has 4 heterocycles. The van der Waals surface area contributed by atoms with E-state index in [4.69, 9.17) is 13.2 Å². The van der Waals surface area contributed by atoms with E-state index < -0.39 is 5.66 Å². The van der Waals surface area contributed by atoms with Crippen LogP contribution in [-0.2, 0) is 71.1 Å². The summed E-state index contributed by atoms with van der Waals surface area (Å²) in [4.78, 5) is 0. The molecular formula is C19H12N2Y2-2. The van der Waals surface area contributed by atoms with Gasteiger partial charge in [0.2, 0.25) is 5.66 Å². The maximum Gasteiger partial charge on any atom is 0.248 e. The van der Waals surface area contributed by atoms with Crippen LogP contribution in [0.3, 0.4) is 0 Å². The Hall–Kier alpha value is -0.532. The van der Waals surface area contributed by atoms with Gasteiger partial charge in [-0.05, 0) is 12.1 Å². The van der Waals surface area contributed by atoms with E-state index in [9.17, 15) is 0 Å². The fourth-order valence-electron chi connectivity index (χ4n) is 3.20. The van der Waals surface area contributed by atoms with E-state index in [1.54, 1.807) is 12.2 Å². The molecule has 106 valence electrons. The van der Waals surface area contributed by atoms with Gasteiger partial charge in [-0.15, -0.1) is 12.1 Å². The molecule has 0 unspecified atom stereocenters. The topological polar surface area (TPSA) is 7.76 Å². The van der Waals surface area contributed by atoms with E-state index in [2.05, 4.69) is 21.3 Å². The van der Waals surface area contributed by atoms with Gasteiger partial charge >= 0.3 is 0 Å². The summed E-state index contributed by atoms with van der Waals surface area (Å²) in [6.07, 6.45) is 13.9. The van der Waals surface area contributed by atoms with E-state index in [0.717, 1.165) is 22.5 Å². The van der Waals surface area contributed by atoms with Crippen LogP contribution >= 0.6 is 0 Å². The number of pyridine rings is 2. The van der Waals surface area contributed by atoms with E-state index >= 15 is 0 Å². The summed E-state index contributed by atoms with van der Waals surface area (Å²) in [7, 11) is 0. The predicted molar refractivity (Wildman–Crippen MR) is 76.1 cm³/mol. The van der Waals surface area contributed by atoms with Crippen molar-refractivity contribution < 1.29 is 74.6 Å². The SMILES string of the molecule is [CH-]=CC1=[C-]c2cccc[n+]2C12C(C=[CH-])=[C-]c1cccc[n+]12.[Y].[Y]. The molecular weight excluding hydrogens is 434 g/mol. The van der Waals surface area contributed by atoms with Crippen LogP contribution in [-0.4, -0.2) is 0 Å². The van der Waals surface area contributed by atoms with Gasteiger partial charge < -0.3 is 25.3 Å². The minimum atomic E-state index is -0.628. The second-order valence-corrected chi connectivity index (χ2v) is 4.99. The van der Waals surface area contributed by atoms with Crippen LogP contribution in [0.25, 0.3) is 0 Å². The summed E-state index contributed by atoms with van der Waals surface area (Å²) in [5.41, 5.74) is 3.00. The van der Waals surface area contributed by atoms with Crippen LogP contribution in [0.4, 0.5) is 0 Å². The molecule has 0 aliphatic carbocycles. The van der Waals surface area contributed by atoms with Crippen LogP contribution in [0.15, 0.2) is 72.1 Å². The molecule has 23 heavy (non-hydrogen) atoms. The van der Waals surface area contributed by atoms with Crippen molar-refractivity contribution in [1.82, 2.24) is 0 Å². The Morgan fingerprint density at radius 3 is 1.61 bits per heavy atom. The zero-order chi connectivity index (χ0) is 14.4. The van der Waals surface area contributed by atoms with E-state index in [1.807, 2.05) is 48.8 Å². The molecule has 0 atom stereocenters. The maximum absolute atomic E-state index is 5.89. The molecule has 2 aromatic heterocycles. The molecule has 2 aliphatic heterocycles. The number of nitrogens with zero attached hydrogens (tertiary/aromatic N) is 2. The summed E-state index contributed by atoms with van der Waals surface area (Å²) in [5, 5.41) is 0. The van der Waals surface area contributed by atoms with Crippen LogP contribution in [0.1, 0.15) is 11.4 Å². The fourth-order valence-corrected chi connectivity index (χ4v) is 3.20. The molecule has 0 bridgehead atoms. The third-order valence-corrected chi connectivity index (χ3v) is 4.03. The van der Waals surface area contributed by atoms with Crippen molar-refractivity contribution in [3.8, 4) is 0 Å². The molecule has 0 fully saturated rings. The second kappa shape index (κ2) is 7.15. The van der Waals surface area contributed by atoms with Gasteiger partial charge in [-0.25, -0.2) is 0 Å². The zero-order valence-electron chi connectivity index (χ0n) is 12.5. The third-order valence-electron chi connectivity index (χ3n) is 4.03. The largest absolute Gasteiger partial charge is 0.360 e. The molecule has 0 N–H and O–H groups in total. The van der Waals surface area contributed by atoms with E-state index in [-0.39, 0.29) is 65.4 Å². The molecule has 4 heteroatoms. The number of hydrogen-bond donors (Lipinski definition) is 0. The first kappa shape index (κ1) is 18.8. The summed E-state index contributed by atoms with van der Waals surface area (Å²) in [6, 6.07) is 12.0. The molecule has 2 radical (unpaired) electrons. The van der Waals surface area contributed by atoms with Gasteiger partial charge in [0.05, 0.1) is 11.4 Å². The van der Waals surface area contributed by atoms with Crippen LogP contribution in [0.5, 0.6) is 0 Å². The van der Waals surface area contributed by atoms with Gasteiger partial charge in [-0.2, -0.15) is 32.4 Å². The monoisotopic (exact) mass is 446 g/mol. The molecule has 4 rings (SSSR count). The number of fused-ring (bicyclic) bond motifs is 4. The molecule has 1 spiro atoms. The van der Waals surface area contributed by atoms with Crippen LogP contribution in [0, 0.1) is 25.3 Å². The van der Waals surface area contributed by atoms with Crippen molar-refractivity contribution in [1.29, 1.82) is 0 Å². The van der Waals surface area contributed by atoms with Crippen LogP contribution < -0.4 is 9.13 Å². The summed E-state index contributed by atoms with van der Waals surface area (Å²) < 4.78 is 4.24. The van der Waals surface area contributed by atoms with Gasteiger partial charge in [0.15, 0.2) is 12.4 Å². The first-order valence-corrected chi connectivity index (χ1v) is 6.73. The van der Waals surface area contributed by atoms with Gasteiger partial charge in [0.25, 0.3) is 0 Å². The molecule has 2 aliphatic rings. The zero-order valence-corrected chi connectivity index (χ0v) is 18.2. The molecule has 2 aromatic rings. The Kier molecular flexibility index (Phi) is 5.84. The standard InChI is InChI=1S/C19H12N2.2Y/c1-3-15-13-17-9-5-7-11-20(17)19(15)16(4-2)14-18-10-6-8-12-21(18)19;;/h1-12H;;/q-2;;. The van der Waals surface area contributed by atoms with Crippen molar-refractivity contribution in [3.63, 3.8) is 0 Å². The maximum atomic E-state index is 5.89. The third kappa shape index (κ3) is 2.46. The first-order valence-electron chi connectivity index (χ1n) is 6.73. The van der Waals surface area contributed by atoms with Crippen molar-refractivity contribution in [3.05, 3.63) is 109 Å². The first-order chi connectivity index (χ1) is 10.3. The quantitative estimate of drug-likeness (QED) is 0.490. The molecule has 2 nitrogen and oxygen atoms in total.